The van der Waals surface area contributed by atoms with Crippen LogP contribution in [0.2, 0.25) is 0 Å². The van der Waals surface area contributed by atoms with E-state index in [0.29, 0.717) is 0 Å². The van der Waals surface area contributed by atoms with E-state index in [1.165, 1.54) is 18.2 Å². The molecule has 0 saturated heterocycles. The third kappa shape index (κ3) is 2.15. The first kappa shape index (κ1) is 12.7. The lowest BCUT2D eigenvalue weighted by molar-refractivity contribution is -0.132. The van der Waals surface area contributed by atoms with Crippen LogP contribution in [0.25, 0.3) is 10.8 Å². The molecule has 2 aromatic rings. The minimum Gasteiger partial charge on any atom is -0.504 e. The summed E-state index contributed by atoms with van der Waals surface area (Å²) in [6.45, 7) is 1.14. The van der Waals surface area contributed by atoms with E-state index in [1.807, 2.05) is 0 Å². The van der Waals surface area contributed by atoms with Crippen LogP contribution in [-0.4, -0.2) is 21.3 Å². The van der Waals surface area contributed by atoms with Gasteiger partial charge in [0.15, 0.2) is 17.2 Å². The lowest BCUT2D eigenvalue weighted by Gasteiger charge is -2.07. The minimum atomic E-state index is -0.831. The van der Waals surface area contributed by atoms with E-state index in [2.05, 4.69) is 0 Å². The van der Waals surface area contributed by atoms with Crippen LogP contribution < -0.4 is 10.2 Å². The highest BCUT2D eigenvalue weighted by molar-refractivity contribution is 5.93. The number of phenolic OH excluding ortho intramolecular Hbond substituents is 2. The summed E-state index contributed by atoms with van der Waals surface area (Å²) in [6.07, 6.45) is 0. The Morgan fingerprint density at radius 1 is 1.16 bits per heavy atom. The van der Waals surface area contributed by atoms with E-state index in [4.69, 9.17) is 4.74 Å². The summed E-state index contributed by atoms with van der Waals surface area (Å²) in [5.41, 5.74) is -0.831. The van der Waals surface area contributed by atoms with Crippen LogP contribution in [0.3, 0.4) is 0 Å². The smallest absolute Gasteiger partial charge is 0.308 e. The number of hydrogen-bond donors (Lipinski definition) is 3. The number of rotatable bonds is 1. The summed E-state index contributed by atoms with van der Waals surface area (Å²) < 4.78 is 4.72. The molecule has 0 heterocycles. The molecular formula is C13H10O6. The lowest BCUT2D eigenvalue weighted by Crippen LogP contribution is -2.03. The molecule has 0 aliphatic heterocycles. The van der Waals surface area contributed by atoms with Gasteiger partial charge in [0.2, 0.25) is 11.2 Å². The maximum absolute atomic E-state index is 11.8. The van der Waals surface area contributed by atoms with Gasteiger partial charge in [0, 0.05) is 6.92 Å². The third-order valence-electron chi connectivity index (χ3n) is 2.51. The molecule has 0 fully saturated rings. The van der Waals surface area contributed by atoms with Gasteiger partial charge in [0.1, 0.15) is 0 Å². The summed E-state index contributed by atoms with van der Waals surface area (Å²) >= 11 is 0. The Hall–Kier alpha value is -2.76. The topological polar surface area (TPSA) is 104 Å². The van der Waals surface area contributed by atoms with Crippen LogP contribution in [0.15, 0.2) is 29.1 Å². The molecule has 3 N–H and O–H groups in total. The zero-order valence-corrected chi connectivity index (χ0v) is 9.88. The van der Waals surface area contributed by atoms with Crippen LogP contribution in [0.4, 0.5) is 0 Å². The second-order valence-corrected chi connectivity index (χ2v) is 3.87. The zero-order valence-electron chi connectivity index (χ0n) is 9.88. The van der Waals surface area contributed by atoms with Crippen molar-refractivity contribution >= 4 is 16.7 Å². The van der Waals surface area contributed by atoms with E-state index in [1.54, 1.807) is 0 Å². The number of ether oxygens (including phenoxy) is 1. The summed E-state index contributed by atoms with van der Waals surface area (Å²) in [7, 11) is 0. The fourth-order valence-electron chi connectivity index (χ4n) is 1.70. The molecule has 0 radical (unpaired) electrons. The van der Waals surface area contributed by atoms with Crippen molar-refractivity contribution in [1.29, 1.82) is 0 Å². The van der Waals surface area contributed by atoms with Gasteiger partial charge in [-0.05, 0) is 17.5 Å². The van der Waals surface area contributed by atoms with Gasteiger partial charge in [-0.1, -0.05) is 12.1 Å². The molecule has 0 saturated carbocycles. The fourth-order valence-corrected chi connectivity index (χ4v) is 1.70. The Bertz CT molecular complexity index is 735. The Morgan fingerprint density at radius 2 is 1.84 bits per heavy atom. The first-order valence-electron chi connectivity index (χ1n) is 5.31. The number of benzene rings is 1. The molecule has 19 heavy (non-hydrogen) atoms. The normalized spacial score (nSPS) is 10.4. The summed E-state index contributed by atoms with van der Waals surface area (Å²) in [5, 5.41) is 28.9. The van der Waals surface area contributed by atoms with E-state index in [-0.39, 0.29) is 16.5 Å². The Morgan fingerprint density at radius 3 is 2.47 bits per heavy atom. The van der Waals surface area contributed by atoms with Gasteiger partial charge in [-0.15, -0.1) is 0 Å². The van der Waals surface area contributed by atoms with Crippen molar-refractivity contribution in [3.63, 3.8) is 0 Å². The van der Waals surface area contributed by atoms with Crippen molar-refractivity contribution in [3.05, 3.63) is 34.5 Å². The molecule has 6 nitrogen and oxygen atoms in total. The monoisotopic (exact) mass is 262 g/mol. The Labute approximate surface area is 107 Å². The summed E-state index contributed by atoms with van der Waals surface area (Å²) in [5.74, 6) is -2.98. The number of hydrogen-bond acceptors (Lipinski definition) is 6. The molecule has 0 amide bonds. The van der Waals surface area contributed by atoms with Crippen LogP contribution in [0.5, 0.6) is 23.0 Å². The van der Waals surface area contributed by atoms with Gasteiger partial charge in [-0.25, -0.2) is 0 Å². The molecule has 2 aromatic carbocycles. The quantitative estimate of drug-likeness (QED) is 0.406. The third-order valence-corrected chi connectivity index (χ3v) is 2.51. The first-order valence-corrected chi connectivity index (χ1v) is 5.31. The summed E-state index contributed by atoms with van der Waals surface area (Å²) in [4.78, 5) is 22.7. The molecule has 98 valence electrons. The lowest BCUT2D eigenvalue weighted by atomic mass is 10.1. The molecule has 0 aliphatic carbocycles. The number of fused-ring (bicyclic) bond motifs is 1. The number of esters is 1. The van der Waals surface area contributed by atoms with Crippen molar-refractivity contribution in [2.24, 2.45) is 0 Å². The van der Waals surface area contributed by atoms with Crippen molar-refractivity contribution in [1.82, 2.24) is 0 Å². The van der Waals surface area contributed by atoms with Crippen molar-refractivity contribution in [2.45, 2.75) is 6.92 Å². The SMILES string of the molecule is CC(=O)Oc1cc2cccc(O)c(=O)c2c(O)c1O. The van der Waals surface area contributed by atoms with Crippen molar-refractivity contribution < 1.29 is 24.9 Å². The molecule has 0 atom stereocenters. The van der Waals surface area contributed by atoms with Crippen LogP contribution in [0.1, 0.15) is 6.92 Å². The maximum atomic E-state index is 11.8. The number of phenols is 2. The molecule has 0 aliphatic rings. The highest BCUT2D eigenvalue weighted by atomic mass is 16.5. The van der Waals surface area contributed by atoms with Crippen molar-refractivity contribution in [2.75, 3.05) is 0 Å². The fraction of sp³-hybridized carbons (Fsp3) is 0.0769. The predicted octanol–water partition coefficient (Wildman–Crippen LogP) is 1.24. The molecule has 0 spiro atoms. The highest BCUT2D eigenvalue weighted by Gasteiger charge is 2.17. The second-order valence-electron chi connectivity index (χ2n) is 3.87. The van der Waals surface area contributed by atoms with Gasteiger partial charge < -0.3 is 20.1 Å². The molecule has 6 heteroatoms. The average molecular weight is 262 g/mol. The Balaban J connectivity index is 2.91. The van der Waals surface area contributed by atoms with Gasteiger partial charge in [0.25, 0.3) is 0 Å². The van der Waals surface area contributed by atoms with Crippen LogP contribution in [-0.2, 0) is 4.79 Å². The van der Waals surface area contributed by atoms with Gasteiger partial charge in [0.05, 0.1) is 5.39 Å². The van der Waals surface area contributed by atoms with Gasteiger partial charge in [-0.3, -0.25) is 9.59 Å². The van der Waals surface area contributed by atoms with Gasteiger partial charge >= 0.3 is 5.97 Å². The summed E-state index contributed by atoms with van der Waals surface area (Å²) in [6, 6.07) is 5.21. The van der Waals surface area contributed by atoms with Gasteiger partial charge in [-0.2, -0.15) is 0 Å². The molecule has 0 unspecified atom stereocenters. The van der Waals surface area contributed by atoms with E-state index in [9.17, 15) is 24.9 Å². The van der Waals surface area contributed by atoms with Crippen LogP contribution >= 0.6 is 0 Å². The molecule has 2 rings (SSSR count). The standard InChI is InChI=1S/C13H10O6/c1-6(14)19-9-5-7-3-2-4-8(15)11(16)10(7)13(18)12(9)17/h2-5,17-18H,1H3,(H,15,16). The van der Waals surface area contributed by atoms with Crippen molar-refractivity contribution in [3.8, 4) is 23.0 Å². The number of carbonyl (C=O) groups excluding carboxylic acids is 1. The molecule has 0 aromatic heterocycles. The van der Waals surface area contributed by atoms with E-state index in [0.717, 1.165) is 13.0 Å². The first-order chi connectivity index (χ1) is 8.91. The Kier molecular flexibility index (Phi) is 3.00. The minimum absolute atomic E-state index is 0.219. The maximum Gasteiger partial charge on any atom is 0.308 e. The average Bonchev–Trinajstić information content (AvgIpc) is 2.46. The van der Waals surface area contributed by atoms with Crippen LogP contribution in [0, 0.1) is 0 Å². The molecular weight excluding hydrogens is 252 g/mol. The predicted molar refractivity (Wildman–Crippen MR) is 66.5 cm³/mol. The number of aromatic hydroxyl groups is 3. The largest absolute Gasteiger partial charge is 0.504 e. The number of carbonyl (C=O) groups is 1. The highest BCUT2D eigenvalue weighted by Crippen LogP contribution is 2.40. The molecule has 0 bridgehead atoms. The zero-order chi connectivity index (χ0) is 14.2. The second kappa shape index (κ2) is 4.49. The van der Waals surface area contributed by atoms with E-state index < -0.39 is 28.6 Å². The van der Waals surface area contributed by atoms with E-state index >= 15 is 0 Å².